The minimum atomic E-state index is -0.417. The number of benzene rings is 1. The van der Waals surface area contributed by atoms with Crippen LogP contribution in [0.5, 0.6) is 0 Å². The van der Waals surface area contributed by atoms with E-state index in [1.807, 2.05) is 31.2 Å². The first-order valence-electron chi connectivity index (χ1n) is 8.30. The number of amides is 2. The van der Waals surface area contributed by atoms with E-state index in [9.17, 15) is 9.59 Å². The minimum Gasteiger partial charge on any atom is -0.350 e. The summed E-state index contributed by atoms with van der Waals surface area (Å²) in [4.78, 5) is 32.6. The number of nitrogens with one attached hydrogen (secondary N) is 2. The molecule has 1 aromatic heterocycles. The molecule has 2 rings (SSSR count). The fraction of sp³-hybridized carbons (Fsp3) is 0.333. The summed E-state index contributed by atoms with van der Waals surface area (Å²) in [6.07, 6.45) is 2.56. The van der Waals surface area contributed by atoms with Crippen molar-refractivity contribution in [2.45, 2.75) is 31.8 Å². The van der Waals surface area contributed by atoms with Crippen LogP contribution in [0, 0.1) is 6.92 Å². The van der Waals surface area contributed by atoms with Crippen molar-refractivity contribution in [3.63, 3.8) is 0 Å². The number of carbonyl (C=O) groups excluding carboxylic acids is 2. The van der Waals surface area contributed by atoms with E-state index < -0.39 is 5.91 Å². The molecule has 0 radical (unpaired) electrons. The standard InChI is InChI=1S/C18H21ClN4O2S/c1-3-10-26-18-21-11-13(19)16(23-18)17(25)20-9-8-15(24)22-14-7-5-4-6-12(14)2/h4-7,11H,3,8-10H2,1-2H3,(H,20,25)(H,22,24). The Balaban J connectivity index is 1.86. The third kappa shape index (κ3) is 6.00. The first kappa shape index (κ1) is 20.2. The van der Waals surface area contributed by atoms with E-state index in [0.29, 0.717) is 5.16 Å². The van der Waals surface area contributed by atoms with Crippen LogP contribution in [-0.4, -0.2) is 34.1 Å². The maximum atomic E-state index is 12.3. The van der Waals surface area contributed by atoms with E-state index in [1.165, 1.54) is 18.0 Å². The molecule has 0 saturated carbocycles. The number of rotatable bonds is 8. The fourth-order valence-electron chi connectivity index (χ4n) is 2.07. The molecule has 0 aliphatic heterocycles. The first-order valence-corrected chi connectivity index (χ1v) is 9.66. The van der Waals surface area contributed by atoms with Gasteiger partial charge >= 0.3 is 0 Å². The Morgan fingerprint density at radius 3 is 2.77 bits per heavy atom. The van der Waals surface area contributed by atoms with Gasteiger partial charge in [-0.3, -0.25) is 9.59 Å². The van der Waals surface area contributed by atoms with Crippen LogP contribution in [0.3, 0.4) is 0 Å². The number of hydrogen-bond donors (Lipinski definition) is 2. The third-order valence-electron chi connectivity index (χ3n) is 3.43. The molecule has 6 nitrogen and oxygen atoms in total. The van der Waals surface area contributed by atoms with Crippen molar-refractivity contribution in [1.82, 2.24) is 15.3 Å². The molecule has 2 aromatic rings. The predicted octanol–water partition coefficient (Wildman–Crippen LogP) is 3.70. The van der Waals surface area contributed by atoms with Crippen molar-refractivity contribution in [3.05, 3.63) is 46.7 Å². The lowest BCUT2D eigenvalue weighted by Crippen LogP contribution is -2.28. The zero-order valence-electron chi connectivity index (χ0n) is 14.7. The molecule has 0 unspecified atom stereocenters. The zero-order chi connectivity index (χ0) is 18.9. The number of para-hydroxylation sites is 1. The van der Waals surface area contributed by atoms with E-state index >= 15 is 0 Å². The number of thioether (sulfide) groups is 1. The van der Waals surface area contributed by atoms with E-state index in [2.05, 4.69) is 27.5 Å². The average molecular weight is 393 g/mol. The molecule has 1 heterocycles. The van der Waals surface area contributed by atoms with Gasteiger partial charge in [-0.05, 0) is 25.0 Å². The quantitative estimate of drug-likeness (QED) is 0.528. The maximum Gasteiger partial charge on any atom is 0.271 e. The second-order valence-electron chi connectivity index (χ2n) is 5.57. The molecule has 0 aliphatic carbocycles. The Morgan fingerprint density at radius 1 is 1.27 bits per heavy atom. The number of halogens is 1. The van der Waals surface area contributed by atoms with Crippen molar-refractivity contribution < 1.29 is 9.59 Å². The van der Waals surface area contributed by atoms with Crippen LogP contribution in [0.2, 0.25) is 5.02 Å². The molecule has 2 N–H and O–H groups in total. The number of aryl methyl sites for hydroxylation is 1. The molecule has 0 aliphatic rings. The normalized spacial score (nSPS) is 10.4. The van der Waals surface area contributed by atoms with Crippen LogP contribution in [0.1, 0.15) is 35.8 Å². The lowest BCUT2D eigenvalue weighted by Gasteiger charge is -2.09. The van der Waals surface area contributed by atoms with Crippen molar-refractivity contribution >= 4 is 40.9 Å². The highest BCUT2D eigenvalue weighted by Gasteiger charge is 2.14. The van der Waals surface area contributed by atoms with Gasteiger partial charge in [-0.2, -0.15) is 0 Å². The SMILES string of the molecule is CCCSc1ncc(Cl)c(C(=O)NCCC(=O)Nc2ccccc2C)n1. The Morgan fingerprint density at radius 2 is 2.04 bits per heavy atom. The summed E-state index contributed by atoms with van der Waals surface area (Å²) in [5, 5.41) is 6.19. The van der Waals surface area contributed by atoms with Gasteiger partial charge in [-0.25, -0.2) is 9.97 Å². The Kier molecular flexibility index (Phi) is 7.87. The highest BCUT2D eigenvalue weighted by atomic mass is 35.5. The number of hydrogen-bond acceptors (Lipinski definition) is 5. The zero-order valence-corrected chi connectivity index (χ0v) is 16.3. The largest absolute Gasteiger partial charge is 0.350 e. The lowest BCUT2D eigenvalue weighted by atomic mass is 10.2. The number of nitrogens with zero attached hydrogens (tertiary/aromatic N) is 2. The summed E-state index contributed by atoms with van der Waals surface area (Å²) in [5.41, 5.74) is 1.87. The highest BCUT2D eigenvalue weighted by Crippen LogP contribution is 2.19. The van der Waals surface area contributed by atoms with Gasteiger partial charge in [0.1, 0.15) is 0 Å². The molecule has 1 aromatic carbocycles. The highest BCUT2D eigenvalue weighted by molar-refractivity contribution is 7.99. The summed E-state index contributed by atoms with van der Waals surface area (Å²) in [6.45, 7) is 4.16. The monoisotopic (exact) mass is 392 g/mol. The Bertz CT molecular complexity index is 786. The van der Waals surface area contributed by atoms with E-state index in [0.717, 1.165) is 23.4 Å². The second kappa shape index (κ2) is 10.1. The molecule has 0 atom stereocenters. The van der Waals surface area contributed by atoms with Crippen LogP contribution >= 0.6 is 23.4 Å². The molecule has 138 valence electrons. The molecule has 0 bridgehead atoms. The van der Waals surface area contributed by atoms with Crippen molar-refractivity contribution in [2.24, 2.45) is 0 Å². The average Bonchev–Trinajstić information content (AvgIpc) is 2.63. The summed E-state index contributed by atoms with van der Waals surface area (Å²) in [6, 6.07) is 7.52. The molecule has 8 heteroatoms. The van der Waals surface area contributed by atoms with E-state index in [-0.39, 0.29) is 29.6 Å². The molecular weight excluding hydrogens is 372 g/mol. The van der Waals surface area contributed by atoms with Gasteiger partial charge in [0.15, 0.2) is 10.9 Å². The van der Waals surface area contributed by atoms with Crippen LogP contribution in [-0.2, 0) is 4.79 Å². The molecular formula is C18H21ClN4O2S. The third-order valence-corrected chi connectivity index (χ3v) is 4.77. The maximum absolute atomic E-state index is 12.3. The summed E-state index contributed by atoms with van der Waals surface area (Å²) in [7, 11) is 0. The topological polar surface area (TPSA) is 84.0 Å². The fourth-order valence-corrected chi connectivity index (χ4v) is 2.92. The summed E-state index contributed by atoms with van der Waals surface area (Å²) in [5.74, 6) is 0.272. The second-order valence-corrected chi connectivity index (χ2v) is 7.04. The molecule has 0 saturated heterocycles. The van der Waals surface area contributed by atoms with Gasteiger partial charge in [0.25, 0.3) is 5.91 Å². The van der Waals surface area contributed by atoms with Gasteiger partial charge in [0, 0.05) is 24.4 Å². The molecule has 0 fully saturated rings. The van der Waals surface area contributed by atoms with Crippen LogP contribution in [0.15, 0.2) is 35.6 Å². The summed E-state index contributed by atoms with van der Waals surface area (Å²) >= 11 is 7.48. The minimum absolute atomic E-state index is 0.125. The number of aromatic nitrogens is 2. The van der Waals surface area contributed by atoms with Gasteiger partial charge in [-0.15, -0.1) is 0 Å². The van der Waals surface area contributed by atoms with Crippen LogP contribution in [0.4, 0.5) is 5.69 Å². The molecule has 26 heavy (non-hydrogen) atoms. The number of carbonyl (C=O) groups is 2. The first-order chi connectivity index (χ1) is 12.5. The summed E-state index contributed by atoms with van der Waals surface area (Å²) < 4.78 is 0. The van der Waals surface area contributed by atoms with Gasteiger partial charge in [0.05, 0.1) is 11.2 Å². The van der Waals surface area contributed by atoms with Gasteiger partial charge in [-0.1, -0.05) is 48.5 Å². The molecule has 2 amide bonds. The smallest absolute Gasteiger partial charge is 0.271 e. The van der Waals surface area contributed by atoms with E-state index in [1.54, 1.807) is 0 Å². The van der Waals surface area contributed by atoms with Crippen molar-refractivity contribution in [2.75, 3.05) is 17.6 Å². The Labute approximate surface area is 162 Å². The predicted molar refractivity (Wildman–Crippen MR) is 105 cm³/mol. The van der Waals surface area contributed by atoms with Crippen LogP contribution in [0.25, 0.3) is 0 Å². The molecule has 0 spiro atoms. The van der Waals surface area contributed by atoms with Crippen molar-refractivity contribution in [3.8, 4) is 0 Å². The lowest BCUT2D eigenvalue weighted by molar-refractivity contribution is -0.116. The number of anilines is 1. The van der Waals surface area contributed by atoms with Gasteiger partial charge in [0.2, 0.25) is 5.91 Å². The van der Waals surface area contributed by atoms with E-state index in [4.69, 9.17) is 11.6 Å². The Hall–Kier alpha value is -2.12. The van der Waals surface area contributed by atoms with Gasteiger partial charge < -0.3 is 10.6 Å². The van der Waals surface area contributed by atoms with Crippen molar-refractivity contribution in [1.29, 1.82) is 0 Å². The van der Waals surface area contributed by atoms with Crippen LogP contribution < -0.4 is 10.6 Å².